The standard InChI is InChI=1S/C15H19N3O2/c1-10-4-5-12(11(2)8-10)9-14-16-13(17-18(14)3)6-7-15(19)20/h4-5,8H,6-7,9H2,1-3H3,(H,19,20). The molecule has 0 spiro atoms. The van der Waals surface area contributed by atoms with E-state index in [1.165, 1.54) is 16.7 Å². The molecule has 2 aromatic rings. The van der Waals surface area contributed by atoms with Gasteiger partial charge in [0.2, 0.25) is 0 Å². The summed E-state index contributed by atoms with van der Waals surface area (Å²) in [6.45, 7) is 4.16. The smallest absolute Gasteiger partial charge is 0.303 e. The maximum Gasteiger partial charge on any atom is 0.303 e. The topological polar surface area (TPSA) is 68.0 Å². The highest BCUT2D eigenvalue weighted by atomic mass is 16.4. The number of carbonyl (C=O) groups is 1. The summed E-state index contributed by atoms with van der Waals surface area (Å²) in [6, 6.07) is 6.34. The molecule has 5 heteroatoms. The van der Waals surface area contributed by atoms with Gasteiger partial charge in [0.15, 0.2) is 5.82 Å². The molecule has 0 amide bonds. The van der Waals surface area contributed by atoms with E-state index < -0.39 is 5.97 Å². The fraction of sp³-hybridized carbons (Fsp3) is 0.400. The van der Waals surface area contributed by atoms with Crippen LogP contribution in [0.15, 0.2) is 18.2 Å². The lowest BCUT2D eigenvalue weighted by atomic mass is 10.0. The van der Waals surface area contributed by atoms with E-state index in [2.05, 4.69) is 42.1 Å². The van der Waals surface area contributed by atoms with Crippen LogP contribution in [0.1, 0.15) is 34.8 Å². The molecule has 1 heterocycles. The zero-order chi connectivity index (χ0) is 14.7. The van der Waals surface area contributed by atoms with Crippen molar-refractivity contribution in [3.63, 3.8) is 0 Å². The first kappa shape index (κ1) is 14.2. The summed E-state index contributed by atoms with van der Waals surface area (Å²) in [4.78, 5) is 15.0. The van der Waals surface area contributed by atoms with Crippen molar-refractivity contribution in [1.29, 1.82) is 0 Å². The number of carboxylic acid groups (broad SMARTS) is 1. The lowest BCUT2D eigenvalue weighted by Crippen LogP contribution is -2.02. The van der Waals surface area contributed by atoms with E-state index >= 15 is 0 Å². The number of nitrogens with zero attached hydrogens (tertiary/aromatic N) is 3. The molecule has 5 nitrogen and oxygen atoms in total. The average Bonchev–Trinajstić information content (AvgIpc) is 2.71. The largest absolute Gasteiger partial charge is 0.481 e. The Balaban J connectivity index is 2.15. The van der Waals surface area contributed by atoms with Gasteiger partial charge >= 0.3 is 5.97 Å². The van der Waals surface area contributed by atoms with Crippen molar-refractivity contribution in [3.8, 4) is 0 Å². The molecule has 1 aromatic carbocycles. The molecule has 2 rings (SSSR count). The lowest BCUT2D eigenvalue weighted by Gasteiger charge is -2.06. The predicted octanol–water partition coefficient (Wildman–Crippen LogP) is 2.04. The van der Waals surface area contributed by atoms with Crippen molar-refractivity contribution in [2.75, 3.05) is 0 Å². The summed E-state index contributed by atoms with van der Waals surface area (Å²) in [5, 5.41) is 13.0. The first-order valence-corrected chi connectivity index (χ1v) is 6.62. The van der Waals surface area contributed by atoms with Gasteiger partial charge in [-0.25, -0.2) is 4.98 Å². The second-order valence-electron chi connectivity index (χ2n) is 5.07. The first-order chi connectivity index (χ1) is 9.45. The quantitative estimate of drug-likeness (QED) is 0.905. The van der Waals surface area contributed by atoms with Crippen molar-refractivity contribution in [2.24, 2.45) is 7.05 Å². The summed E-state index contributed by atoms with van der Waals surface area (Å²) in [6.07, 6.45) is 1.14. The first-order valence-electron chi connectivity index (χ1n) is 6.62. The van der Waals surface area contributed by atoms with Crippen LogP contribution in [0, 0.1) is 13.8 Å². The zero-order valence-electron chi connectivity index (χ0n) is 12.1. The fourth-order valence-electron chi connectivity index (χ4n) is 2.17. The molecule has 20 heavy (non-hydrogen) atoms. The molecule has 0 radical (unpaired) electrons. The highest BCUT2D eigenvalue weighted by Gasteiger charge is 2.10. The minimum Gasteiger partial charge on any atom is -0.481 e. The lowest BCUT2D eigenvalue weighted by molar-refractivity contribution is -0.137. The van der Waals surface area contributed by atoms with Crippen molar-refractivity contribution in [2.45, 2.75) is 33.1 Å². The summed E-state index contributed by atoms with van der Waals surface area (Å²) >= 11 is 0. The molecule has 0 aliphatic rings. The van der Waals surface area contributed by atoms with Crippen molar-refractivity contribution in [1.82, 2.24) is 14.8 Å². The number of benzene rings is 1. The number of hydrogen-bond donors (Lipinski definition) is 1. The molecule has 0 bridgehead atoms. The summed E-state index contributed by atoms with van der Waals surface area (Å²) < 4.78 is 1.73. The van der Waals surface area contributed by atoms with Crippen LogP contribution in [0.5, 0.6) is 0 Å². The molecule has 0 aliphatic carbocycles. The van der Waals surface area contributed by atoms with Gasteiger partial charge in [-0.3, -0.25) is 9.48 Å². The SMILES string of the molecule is Cc1ccc(Cc2nc(CCC(=O)O)nn2C)c(C)c1. The van der Waals surface area contributed by atoms with Crippen LogP contribution < -0.4 is 0 Å². The normalized spacial score (nSPS) is 10.8. The average molecular weight is 273 g/mol. The summed E-state index contributed by atoms with van der Waals surface area (Å²) in [5.74, 6) is 0.625. The van der Waals surface area contributed by atoms with Gasteiger partial charge in [-0.05, 0) is 25.0 Å². The molecule has 0 unspecified atom stereocenters. The summed E-state index contributed by atoms with van der Waals surface area (Å²) in [7, 11) is 1.84. The van der Waals surface area contributed by atoms with Crippen LogP contribution >= 0.6 is 0 Å². The van der Waals surface area contributed by atoms with Crippen LogP contribution in [0.3, 0.4) is 0 Å². The van der Waals surface area contributed by atoms with Gasteiger partial charge in [0.05, 0.1) is 6.42 Å². The van der Waals surface area contributed by atoms with E-state index in [0.717, 1.165) is 5.82 Å². The Morgan fingerprint density at radius 3 is 2.75 bits per heavy atom. The molecule has 0 saturated heterocycles. The van der Waals surface area contributed by atoms with E-state index in [1.54, 1.807) is 4.68 Å². The molecule has 1 aromatic heterocycles. The predicted molar refractivity (Wildman–Crippen MR) is 75.7 cm³/mol. The number of hydrogen-bond acceptors (Lipinski definition) is 3. The third-order valence-corrected chi connectivity index (χ3v) is 3.31. The van der Waals surface area contributed by atoms with Gasteiger partial charge < -0.3 is 5.11 Å². The van der Waals surface area contributed by atoms with Gasteiger partial charge in [0.25, 0.3) is 0 Å². The van der Waals surface area contributed by atoms with E-state index in [9.17, 15) is 4.79 Å². The number of rotatable bonds is 5. The number of aliphatic carboxylic acids is 1. The monoisotopic (exact) mass is 273 g/mol. The van der Waals surface area contributed by atoms with Gasteiger partial charge in [-0.2, -0.15) is 5.10 Å². The van der Waals surface area contributed by atoms with E-state index in [4.69, 9.17) is 5.11 Å². The van der Waals surface area contributed by atoms with Crippen LogP contribution in [0.25, 0.3) is 0 Å². The summed E-state index contributed by atoms with van der Waals surface area (Å²) in [5.41, 5.74) is 3.70. The van der Waals surface area contributed by atoms with E-state index in [0.29, 0.717) is 18.7 Å². The second kappa shape index (κ2) is 5.86. The Morgan fingerprint density at radius 2 is 2.10 bits per heavy atom. The Labute approximate surface area is 118 Å². The van der Waals surface area contributed by atoms with Crippen molar-refractivity contribution >= 4 is 5.97 Å². The Morgan fingerprint density at radius 1 is 1.35 bits per heavy atom. The number of aryl methyl sites for hydroxylation is 4. The number of carboxylic acids is 1. The van der Waals surface area contributed by atoms with Crippen LogP contribution in [0.4, 0.5) is 0 Å². The van der Waals surface area contributed by atoms with Crippen LogP contribution in [-0.4, -0.2) is 25.8 Å². The molecule has 0 atom stereocenters. The molecule has 106 valence electrons. The molecule has 1 N–H and O–H groups in total. The van der Waals surface area contributed by atoms with Gasteiger partial charge in [0.1, 0.15) is 5.82 Å². The Kier molecular flexibility index (Phi) is 4.17. The minimum atomic E-state index is -0.826. The molecule has 0 saturated carbocycles. The molecule has 0 fully saturated rings. The third-order valence-electron chi connectivity index (χ3n) is 3.31. The van der Waals surface area contributed by atoms with E-state index in [1.807, 2.05) is 7.05 Å². The van der Waals surface area contributed by atoms with Crippen LogP contribution in [0.2, 0.25) is 0 Å². The van der Waals surface area contributed by atoms with Crippen molar-refractivity contribution < 1.29 is 9.90 Å². The molecule has 0 aliphatic heterocycles. The molecular formula is C15H19N3O2. The third kappa shape index (κ3) is 3.44. The second-order valence-corrected chi connectivity index (χ2v) is 5.07. The maximum absolute atomic E-state index is 10.6. The maximum atomic E-state index is 10.6. The fourth-order valence-corrected chi connectivity index (χ4v) is 2.17. The van der Waals surface area contributed by atoms with Gasteiger partial charge in [-0.15, -0.1) is 0 Å². The molecular weight excluding hydrogens is 254 g/mol. The van der Waals surface area contributed by atoms with E-state index in [-0.39, 0.29) is 6.42 Å². The van der Waals surface area contributed by atoms with Gasteiger partial charge in [0, 0.05) is 19.9 Å². The van der Waals surface area contributed by atoms with Crippen molar-refractivity contribution in [3.05, 3.63) is 46.5 Å². The minimum absolute atomic E-state index is 0.0625. The Hall–Kier alpha value is -2.17. The Bertz CT molecular complexity index is 632. The van der Waals surface area contributed by atoms with Gasteiger partial charge in [-0.1, -0.05) is 23.8 Å². The number of aromatic nitrogens is 3. The zero-order valence-corrected chi connectivity index (χ0v) is 12.1. The highest BCUT2D eigenvalue weighted by molar-refractivity contribution is 5.66. The van der Waals surface area contributed by atoms with Crippen LogP contribution in [-0.2, 0) is 24.7 Å². The highest BCUT2D eigenvalue weighted by Crippen LogP contribution is 2.14.